The van der Waals surface area contributed by atoms with Crippen molar-refractivity contribution < 1.29 is 4.79 Å². The highest BCUT2D eigenvalue weighted by Gasteiger charge is 2.30. The standard InChI is InChI=1S/C17H18ClN3O/c1-12-14(18)4-2-5-15(12)20-17(22)21-11-3-6-16(21)13-7-9-19-10-8-13/h2,4-5,7-10,16H,3,6,11H2,1H3,(H,20,22). The van der Waals surface area contributed by atoms with Gasteiger partial charge in [0.05, 0.1) is 6.04 Å². The third-order valence-electron chi connectivity index (χ3n) is 4.11. The summed E-state index contributed by atoms with van der Waals surface area (Å²) in [5.74, 6) is 0. The number of aromatic nitrogens is 1. The largest absolute Gasteiger partial charge is 0.322 e. The third kappa shape index (κ3) is 2.92. The second-order valence-corrected chi connectivity index (χ2v) is 5.88. The van der Waals surface area contributed by atoms with Crippen LogP contribution in [0.2, 0.25) is 5.02 Å². The Morgan fingerprint density at radius 1 is 1.32 bits per heavy atom. The van der Waals surface area contributed by atoms with Gasteiger partial charge < -0.3 is 10.2 Å². The van der Waals surface area contributed by atoms with Crippen LogP contribution in [0.4, 0.5) is 10.5 Å². The molecule has 1 aliphatic heterocycles. The second-order valence-electron chi connectivity index (χ2n) is 5.47. The monoisotopic (exact) mass is 315 g/mol. The van der Waals surface area contributed by atoms with Gasteiger partial charge in [-0.25, -0.2) is 4.79 Å². The van der Waals surface area contributed by atoms with Crippen LogP contribution in [-0.2, 0) is 0 Å². The molecule has 2 heterocycles. The first-order valence-corrected chi connectivity index (χ1v) is 7.77. The van der Waals surface area contributed by atoms with E-state index in [0.717, 1.165) is 36.2 Å². The Balaban J connectivity index is 1.78. The molecule has 1 aromatic heterocycles. The highest BCUT2D eigenvalue weighted by molar-refractivity contribution is 6.31. The number of nitrogens with zero attached hydrogens (tertiary/aromatic N) is 2. The highest BCUT2D eigenvalue weighted by Crippen LogP contribution is 2.32. The zero-order valence-electron chi connectivity index (χ0n) is 12.4. The van der Waals surface area contributed by atoms with Crippen LogP contribution < -0.4 is 5.32 Å². The van der Waals surface area contributed by atoms with Gasteiger partial charge >= 0.3 is 6.03 Å². The SMILES string of the molecule is Cc1c(Cl)cccc1NC(=O)N1CCCC1c1ccncc1. The highest BCUT2D eigenvalue weighted by atomic mass is 35.5. The number of amides is 2. The minimum Gasteiger partial charge on any atom is -0.317 e. The quantitative estimate of drug-likeness (QED) is 0.892. The number of rotatable bonds is 2. The zero-order valence-corrected chi connectivity index (χ0v) is 13.2. The van der Waals surface area contributed by atoms with Crippen molar-refractivity contribution in [2.45, 2.75) is 25.8 Å². The molecule has 1 fully saturated rings. The lowest BCUT2D eigenvalue weighted by atomic mass is 10.1. The first-order chi connectivity index (χ1) is 10.7. The fourth-order valence-corrected chi connectivity index (χ4v) is 3.05. The molecular weight excluding hydrogens is 298 g/mol. The number of benzene rings is 1. The van der Waals surface area contributed by atoms with Gasteiger partial charge in [-0.2, -0.15) is 0 Å². The number of carbonyl (C=O) groups excluding carboxylic acids is 1. The molecule has 0 radical (unpaired) electrons. The Morgan fingerprint density at radius 3 is 2.86 bits per heavy atom. The van der Waals surface area contributed by atoms with E-state index in [-0.39, 0.29) is 12.1 Å². The average molecular weight is 316 g/mol. The fourth-order valence-electron chi connectivity index (χ4n) is 2.87. The molecular formula is C17H18ClN3O. The van der Waals surface area contributed by atoms with Crippen LogP contribution in [-0.4, -0.2) is 22.5 Å². The van der Waals surface area contributed by atoms with Crippen molar-refractivity contribution in [1.82, 2.24) is 9.88 Å². The molecule has 22 heavy (non-hydrogen) atoms. The van der Waals surface area contributed by atoms with E-state index < -0.39 is 0 Å². The Kier molecular flexibility index (Phi) is 4.29. The number of nitrogens with one attached hydrogen (secondary N) is 1. The van der Waals surface area contributed by atoms with Crippen molar-refractivity contribution in [3.63, 3.8) is 0 Å². The molecule has 1 saturated heterocycles. The molecule has 2 aromatic rings. The second kappa shape index (κ2) is 6.36. The first-order valence-electron chi connectivity index (χ1n) is 7.39. The summed E-state index contributed by atoms with van der Waals surface area (Å²) in [5, 5.41) is 3.64. The first kappa shape index (κ1) is 14.9. The van der Waals surface area contributed by atoms with Crippen LogP contribution in [0.5, 0.6) is 0 Å². The van der Waals surface area contributed by atoms with Crippen molar-refractivity contribution in [2.75, 3.05) is 11.9 Å². The molecule has 1 N–H and O–H groups in total. The van der Waals surface area contributed by atoms with Gasteiger partial charge in [-0.3, -0.25) is 4.98 Å². The molecule has 0 saturated carbocycles. The maximum absolute atomic E-state index is 12.6. The Labute approximate surface area is 135 Å². The van der Waals surface area contributed by atoms with Gasteiger partial charge in [-0.05, 0) is 55.2 Å². The van der Waals surface area contributed by atoms with Crippen molar-refractivity contribution in [3.8, 4) is 0 Å². The van der Waals surface area contributed by atoms with Crippen LogP contribution in [0, 0.1) is 6.92 Å². The predicted molar refractivity (Wildman–Crippen MR) is 88.1 cm³/mol. The van der Waals surface area contributed by atoms with Crippen LogP contribution in [0.1, 0.15) is 30.0 Å². The van der Waals surface area contributed by atoms with Crippen molar-refractivity contribution in [3.05, 3.63) is 58.9 Å². The number of pyridine rings is 1. The van der Waals surface area contributed by atoms with Gasteiger partial charge in [0.2, 0.25) is 0 Å². The van der Waals surface area contributed by atoms with Crippen LogP contribution in [0.25, 0.3) is 0 Å². The average Bonchev–Trinajstić information content (AvgIpc) is 3.02. The van der Waals surface area contributed by atoms with E-state index in [1.165, 1.54) is 0 Å². The molecule has 0 aliphatic carbocycles. The Hall–Kier alpha value is -2.07. The van der Waals surface area contributed by atoms with Gasteiger partial charge in [0, 0.05) is 29.6 Å². The molecule has 4 nitrogen and oxygen atoms in total. The van der Waals surface area contributed by atoms with Crippen molar-refractivity contribution in [1.29, 1.82) is 0 Å². The summed E-state index contributed by atoms with van der Waals surface area (Å²) in [6.07, 6.45) is 5.52. The molecule has 0 spiro atoms. The maximum Gasteiger partial charge on any atom is 0.322 e. The van der Waals surface area contributed by atoms with Crippen molar-refractivity contribution >= 4 is 23.3 Å². The molecule has 3 rings (SSSR count). The molecule has 2 amide bonds. The summed E-state index contributed by atoms with van der Waals surface area (Å²) in [6.45, 7) is 2.67. The van der Waals surface area contributed by atoms with Gasteiger partial charge in [-0.1, -0.05) is 17.7 Å². The molecule has 1 atom stereocenters. The minimum absolute atomic E-state index is 0.0790. The van der Waals surface area contributed by atoms with E-state index in [2.05, 4.69) is 10.3 Å². The lowest BCUT2D eigenvalue weighted by Gasteiger charge is -2.25. The lowest BCUT2D eigenvalue weighted by Crippen LogP contribution is -2.34. The summed E-state index contributed by atoms with van der Waals surface area (Å²) >= 11 is 6.11. The maximum atomic E-state index is 12.6. The Bertz CT molecular complexity index is 675. The zero-order chi connectivity index (χ0) is 15.5. The molecule has 5 heteroatoms. The lowest BCUT2D eigenvalue weighted by molar-refractivity contribution is 0.207. The van der Waals surface area contributed by atoms with Crippen LogP contribution >= 0.6 is 11.6 Å². The van der Waals surface area contributed by atoms with Gasteiger partial charge in [0.1, 0.15) is 0 Å². The number of anilines is 1. The van der Waals surface area contributed by atoms with E-state index in [1.807, 2.05) is 42.2 Å². The number of hydrogen-bond donors (Lipinski definition) is 1. The fraction of sp³-hybridized carbons (Fsp3) is 0.294. The van der Waals surface area contributed by atoms with E-state index in [4.69, 9.17) is 11.6 Å². The number of carbonyl (C=O) groups is 1. The molecule has 0 bridgehead atoms. The molecule has 114 valence electrons. The van der Waals surface area contributed by atoms with Crippen LogP contribution in [0.15, 0.2) is 42.7 Å². The van der Waals surface area contributed by atoms with Gasteiger partial charge in [0.25, 0.3) is 0 Å². The summed E-state index contributed by atoms with van der Waals surface area (Å²) < 4.78 is 0. The van der Waals surface area contributed by atoms with E-state index in [0.29, 0.717) is 5.02 Å². The van der Waals surface area contributed by atoms with E-state index in [9.17, 15) is 4.79 Å². The molecule has 1 aliphatic rings. The third-order valence-corrected chi connectivity index (χ3v) is 4.52. The Morgan fingerprint density at radius 2 is 2.09 bits per heavy atom. The number of likely N-dealkylation sites (tertiary alicyclic amines) is 1. The van der Waals surface area contributed by atoms with E-state index >= 15 is 0 Å². The van der Waals surface area contributed by atoms with E-state index in [1.54, 1.807) is 12.4 Å². The summed E-state index contributed by atoms with van der Waals surface area (Å²) in [5.41, 5.74) is 2.78. The van der Waals surface area contributed by atoms with Crippen LogP contribution in [0.3, 0.4) is 0 Å². The summed E-state index contributed by atoms with van der Waals surface area (Å²) in [4.78, 5) is 18.5. The topological polar surface area (TPSA) is 45.2 Å². The summed E-state index contributed by atoms with van der Waals surface area (Å²) in [7, 11) is 0. The van der Waals surface area contributed by atoms with Gasteiger partial charge in [-0.15, -0.1) is 0 Å². The minimum atomic E-state index is -0.0790. The number of halogens is 1. The normalized spacial score (nSPS) is 17.5. The van der Waals surface area contributed by atoms with Gasteiger partial charge in [0.15, 0.2) is 0 Å². The van der Waals surface area contributed by atoms with Crippen molar-refractivity contribution in [2.24, 2.45) is 0 Å². The smallest absolute Gasteiger partial charge is 0.317 e. The molecule has 1 unspecified atom stereocenters. The number of hydrogen-bond acceptors (Lipinski definition) is 2. The predicted octanol–water partition coefficient (Wildman–Crippen LogP) is 4.41. The summed E-state index contributed by atoms with van der Waals surface area (Å²) in [6, 6.07) is 9.52. The molecule has 1 aromatic carbocycles. The number of urea groups is 1.